The van der Waals surface area contributed by atoms with Crippen LogP contribution in [-0.2, 0) is 0 Å². The first-order valence-electron chi connectivity index (χ1n) is 8.15. The maximum absolute atomic E-state index is 14.3. The monoisotopic (exact) mass is 291 g/mol. The van der Waals surface area contributed by atoms with Crippen LogP contribution in [0.1, 0.15) is 37.8 Å². The van der Waals surface area contributed by atoms with Gasteiger partial charge in [-0.25, -0.2) is 4.39 Å². The van der Waals surface area contributed by atoms with Crippen molar-refractivity contribution in [2.45, 2.75) is 38.3 Å². The van der Waals surface area contributed by atoms with Crippen LogP contribution in [0.5, 0.6) is 0 Å². The fourth-order valence-corrected chi connectivity index (χ4v) is 3.75. The Balaban J connectivity index is 1.85. The number of piperazine rings is 1. The molecule has 116 valence electrons. The van der Waals surface area contributed by atoms with Gasteiger partial charge in [-0.15, -0.1) is 0 Å². The van der Waals surface area contributed by atoms with E-state index >= 15 is 0 Å². The highest BCUT2D eigenvalue weighted by atomic mass is 19.1. The summed E-state index contributed by atoms with van der Waals surface area (Å²) in [5.41, 5.74) is 1.88. The lowest BCUT2D eigenvalue weighted by molar-refractivity contribution is 0.133. The van der Waals surface area contributed by atoms with E-state index in [9.17, 15) is 4.39 Å². The van der Waals surface area contributed by atoms with Crippen molar-refractivity contribution in [2.75, 3.05) is 38.1 Å². The van der Waals surface area contributed by atoms with Crippen molar-refractivity contribution in [2.24, 2.45) is 0 Å². The second-order valence-electron chi connectivity index (χ2n) is 6.31. The molecule has 3 rings (SSSR count). The van der Waals surface area contributed by atoms with Gasteiger partial charge in [-0.3, -0.25) is 4.90 Å². The fourth-order valence-electron chi connectivity index (χ4n) is 3.75. The van der Waals surface area contributed by atoms with Crippen molar-refractivity contribution in [3.8, 4) is 0 Å². The highest BCUT2D eigenvalue weighted by Crippen LogP contribution is 2.32. The molecular weight excluding hydrogens is 265 g/mol. The van der Waals surface area contributed by atoms with Crippen LogP contribution < -0.4 is 10.2 Å². The Hall–Kier alpha value is -1.13. The molecule has 0 spiro atoms. The molecule has 2 unspecified atom stereocenters. The molecule has 0 radical (unpaired) electrons. The van der Waals surface area contributed by atoms with Crippen molar-refractivity contribution >= 4 is 5.69 Å². The summed E-state index contributed by atoms with van der Waals surface area (Å²) in [5, 5.41) is 3.18. The Morgan fingerprint density at radius 2 is 2.10 bits per heavy atom. The standard InChI is InChI=1S/C17H26FN3/c1-13(19-2)17-15(18)7-5-8-16(17)21-11-10-20-9-4-3-6-14(20)12-21/h5,7-8,13-14,19H,3-4,6,9-12H2,1-2H3. The molecule has 21 heavy (non-hydrogen) atoms. The van der Waals surface area contributed by atoms with Crippen molar-refractivity contribution in [1.82, 2.24) is 10.2 Å². The quantitative estimate of drug-likeness (QED) is 0.924. The lowest BCUT2D eigenvalue weighted by Gasteiger charge is -2.45. The summed E-state index contributed by atoms with van der Waals surface area (Å²) >= 11 is 0. The van der Waals surface area contributed by atoms with Crippen LogP contribution >= 0.6 is 0 Å². The zero-order valence-electron chi connectivity index (χ0n) is 13.1. The maximum Gasteiger partial charge on any atom is 0.130 e. The average molecular weight is 291 g/mol. The Bertz CT molecular complexity index is 491. The molecule has 0 saturated carbocycles. The molecule has 2 heterocycles. The number of halogens is 1. The molecule has 3 nitrogen and oxygen atoms in total. The average Bonchev–Trinajstić information content (AvgIpc) is 2.53. The largest absolute Gasteiger partial charge is 0.368 e. The van der Waals surface area contributed by atoms with Gasteiger partial charge in [0.2, 0.25) is 0 Å². The first-order chi connectivity index (χ1) is 10.2. The predicted octanol–water partition coefficient (Wildman–Crippen LogP) is 2.78. The fraction of sp³-hybridized carbons (Fsp3) is 0.647. The van der Waals surface area contributed by atoms with E-state index < -0.39 is 0 Å². The second kappa shape index (κ2) is 6.32. The van der Waals surface area contributed by atoms with Gasteiger partial charge in [-0.05, 0) is 45.5 Å². The SMILES string of the molecule is CNC(C)c1c(F)cccc1N1CCN2CCCCC2C1. The molecule has 2 saturated heterocycles. The summed E-state index contributed by atoms with van der Waals surface area (Å²) in [4.78, 5) is 5.00. The number of fused-ring (bicyclic) bond motifs is 1. The molecule has 0 bridgehead atoms. The molecule has 1 aromatic carbocycles. The van der Waals surface area contributed by atoms with Gasteiger partial charge in [-0.1, -0.05) is 12.5 Å². The van der Waals surface area contributed by atoms with E-state index in [1.165, 1.54) is 25.8 Å². The third-order valence-electron chi connectivity index (χ3n) is 5.07. The van der Waals surface area contributed by atoms with Crippen LogP contribution in [0.2, 0.25) is 0 Å². The summed E-state index contributed by atoms with van der Waals surface area (Å²) in [6.45, 7) is 6.41. The van der Waals surface area contributed by atoms with Crippen molar-refractivity contribution in [3.63, 3.8) is 0 Å². The molecule has 0 amide bonds. The number of benzene rings is 1. The van der Waals surface area contributed by atoms with Crippen molar-refractivity contribution in [1.29, 1.82) is 0 Å². The Morgan fingerprint density at radius 1 is 1.24 bits per heavy atom. The van der Waals surface area contributed by atoms with Crippen LogP contribution in [0.4, 0.5) is 10.1 Å². The molecular formula is C17H26FN3. The zero-order chi connectivity index (χ0) is 14.8. The number of nitrogens with one attached hydrogen (secondary N) is 1. The number of piperidine rings is 1. The number of rotatable bonds is 3. The van der Waals surface area contributed by atoms with Gasteiger partial charge in [0.15, 0.2) is 0 Å². The Kier molecular flexibility index (Phi) is 4.45. The van der Waals surface area contributed by atoms with Crippen LogP contribution in [0.3, 0.4) is 0 Å². The van der Waals surface area contributed by atoms with Gasteiger partial charge in [0.05, 0.1) is 0 Å². The van der Waals surface area contributed by atoms with Gasteiger partial charge < -0.3 is 10.2 Å². The molecule has 0 aliphatic carbocycles. The minimum atomic E-state index is -0.0968. The highest BCUT2D eigenvalue weighted by molar-refractivity contribution is 5.56. The molecule has 2 aliphatic rings. The maximum atomic E-state index is 14.3. The summed E-state index contributed by atoms with van der Waals surface area (Å²) in [7, 11) is 1.89. The van der Waals surface area contributed by atoms with Crippen molar-refractivity contribution < 1.29 is 4.39 Å². The number of hydrogen-bond acceptors (Lipinski definition) is 3. The molecule has 1 N–H and O–H groups in total. The summed E-state index contributed by atoms with van der Waals surface area (Å²) in [5.74, 6) is -0.0968. The van der Waals surface area contributed by atoms with Crippen LogP contribution in [-0.4, -0.2) is 44.2 Å². The number of hydrogen-bond donors (Lipinski definition) is 1. The van der Waals surface area contributed by atoms with Crippen LogP contribution in [0.25, 0.3) is 0 Å². The van der Waals surface area contributed by atoms with E-state index in [4.69, 9.17) is 0 Å². The summed E-state index contributed by atoms with van der Waals surface area (Å²) in [6.07, 6.45) is 3.94. The van der Waals surface area contributed by atoms with E-state index in [0.29, 0.717) is 6.04 Å². The first-order valence-corrected chi connectivity index (χ1v) is 8.15. The van der Waals surface area contributed by atoms with Gasteiger partial charge in [0, 0.05) is 43.0 Å². The summed E-state index contributed by atoms with van der Waals surface area (Å²) < 4.78 is 14.3. The van der Waals surface area contributed by atoms with Crippen molar-refractivity contribution in [3.05, 3.63) is 29.6 Å². The van der Waals surface area contributed by atoms with Gasteiger partial charge >= 0.3 is 0 Å². The molecule has 2 fully saturated rings. The second-order valence-corrected chi connectivity index (χ2v) is 6.31. The smallest absolute Gasteiger partial charge is 0.130 e. The van der Waals surface area contributed by atoms with E-state index in [1.54, 1.807) is 6.07 Å². The minimum Gasteiger partial charge on any atom is -0.368 e. The number of anilines is 1. The van der Waals surface area contributed by atoms with Crippen LogP contribution in [0.15, 0.2) is 18.2 Å². The zero-order valence-corrected chi connectivity index (χ0v) is 13.1. The molecule has 4 heteroatoms. The third-order valence-corrected chi connectivity index (χ3v) is 5.07. The molecule has 1 aromatic rings. The minimum absolute atomic E-state index is 0.0329. The molecule has 2 atom stereocenters. The Morgan fingerprint density at radius 3 is 2.90 bits per heavy atom. The molecule has 0 aromatic heterocycles. The number of nitrogens with zero attached hydrogens (tertiary/aromatic N) is 2. The van der Waals surface area contributed by atoms with E-state index in [2.05, 4.69) is 21.2 Å². The van der Waals surface area contributed by atoms with Gasteiger partial charge in [-0.2, -0.15) is 0 Å². The lowest BCUT2D eigenvalue weighted by Crippen LogP contribution is -2.55. The topological polar surface area (TPSA) is 18.5 Å². The van der Waals surface area contributed by atoms with Gasteiger partial charge in [0.1, 0.15) is 5.82 Å². The lowest BCUT2D eigenvalue weighted by atomic mass is 9.97. The normalized spacial score (nSPS) is 24.7. The predicted molar refractivity (Wildman–Crippen MR) is 85.3 cm³/mol. The van der Waals surface area contributed by atoms with E-state index in [-0.39, 0.29) is 11.9 Å². The first kappa shape index (κ1) is 14.8. The highest BCUT2D eigenvalue weighted by Gasteiger charge is 2.30. The van der Waals surface area contributed by atoms with Gasteiger partial charge in [0.25, 0.3) is 0 Å². The molecule has 2 aliphatic heterocycles. The van der Waals surface area contributed by atoms with E-state index in [1.807, 2.05) is 20.0 Å². The van der Waals surface area contributed by atoms with Crippen LogP contribution in [0, 0.1) is 5.82 Å². The van der Waals surface area contributed by atoms with E-state index in [0.717, 1.165) is 30.9 Å². The summed E-state index contributed by atoms with van der Waals surface area (Å²) in [6, 6.07) is 6.16. The Labute approximate surface area is 127 Å². The third kappa shape index (κ3) is 2.92.